The molecule has 0 radical (unpaired) electrons. The number of hydrogen-bond donors (Lipinski definition) is 0. The van der Waals surface area contributed by atoms with Crippen LogP contribution < -0.4 is 0 Å². The molecule has 0 aliphatic rings. The summed E-state index contributed by atoms with van der Waals surface area (Å²) in [5.74, 6) is -3.19. The number of benzene rings is 1. The first-order valence-electron chi connectivity index (χ1n) is 8.76. The molecule has 1 unspecified atom stereocenters. The van der Waals surface area contributed by atoms with Gasteiger partial charge in [0.15, 0.2) is 12.8 Å². The summed E-state index contributed by atoms with van der Waals surface area (Å²) in [7, 11) is 0.937. The number of carbonyl (C=O) groups is 5. The Morgan fingerprint density at radius 3 is 1.91 bits per heavy atom. The smallest absolute Gasteiger partial charge is 0.331 e. The molecule has 178 valence electrons. The third-order valence-electron chi connectivity index (χ3n) is 4.22. The number of imide groups is 2. The monoisotopic (exact) mass is 470 g/mol. The Morgan fingerprint density at radius 1 is 0.970 bits per heavy atom. The first-order valence-corrected chi connectivity index (χ1v) is 8.76. The summed E-state index contributed by atoms with van der Waals surface area (Å²) >= 11 is 0. The molecule has 0 bridgehead atoms. The summed E-state index contributed by atoms with van der Waals surface area (Å²) in [5, 5.41) is 18.3. The van der Waals surface area contributed by atoms with Crippen molar-refractivity contribution in [3.05, 3.63) is 54.6 Å². The summed E-state index contributed by atoms with van der Waals surface area (Å²) < 4.78 is 4.46. The van der Waals surface area contributed by atoms with E-state index < -0.39 is 47.3 Å². The maximum Gasteiger partial charge on any atom is 0.331 e. The Balaban J connectivity index is 3.32. The fourth-order valence-electron chi connectivity index (χ4n) is 2.61. The Labute approximate surface area is 184 Å². The normalized spacial score (nSPS) is 10.9. The predicted octanol–water partition coefficient (Wildman–Crippen LogP) is -0.584. The molecule has 1 aromatic rings. The van der Waals surface area contributed by atoms with E-state index >= 15 is 0 Å². The van der Waals surface area contributed by atoms with Crippen molar-refractivity contribution in [1.29, 1.82) is 0 Å². The fourth-order valence-corrected chi connectivity index (χ4v) is 2.61. The molecule has 0 saturated carbocycles. The van der Waals surface area contributed by atoms with Gasteiger partial charge in [0.25, 0.3) is 22.0 Å². The van der Waals surface area contributed by atoms with Gasteiger partial charge in [-0.1, -0.05) is 0 Å². The molecule has 33 heavy (non-hydrogen) atoms. The number of ether oxygens (including phenoxy) is 1. The minimum atomic E-state index is -1.78. The zero-order chi connectivity index (χ0) is 25.3. The van der Waals surface area contributed by atoms with E-state index in [1.807, 2.05) is 0 Å². The fraction of sp³-hybridized carbons (Fsp3) is 0.353. The molecule has 16 heteroatoms. The summed E-state index contributed by atoms with van der Waals surface area (Å²) in [6, 6.07) is 0.565. The van der Waals surface area contributed by atoms with Gasteiger partial charge in [-0.25, -0.2) is 4.79 Å². The molecule has 0 N–H and O–H groups in total. The lowest BCUT2D eigenvalue weighted by Gasteiger charge is -2.25. The highest BCUT2D eigenvalue weighted by molar-refractivity contribution is 6.06. The number of nitrogens with zero attached hydrogens (tertiary/aromatic N) is 4. The molecule has 1 atom stereocenters. The van der Waals surface area contributed by atoms with Crippen LogP contribution >= 0.6 is 0 Å². The van der Waals surface area contributed by atoms with E-state index in [-0.39, 0.29) is 35.1 Å². The summed E-state index contributed by atoms with van der Waals surface area (Å²) in [5.41, 5.74) is -0.0307. The molecule has 16 nitrogen and oxygen atoms in total. The first-order chi connectivity index (χ1) is 15.5. The second kappa shape index (κ2) is 11.7. The zero-order valence-corrected chi connectivity index (χ0v) is 17.5. The number of carbonyl (C=O) groups excluding carboxylic acids is 5. The number of esters is 1. The largest absolute Gasteiger partial charge is 0.467 e. The van der Waals surface area contributed by atoms with Crippen LogP contribution in [0.4, 0.5) is 0 Å². The summed E-state index contributed by atoms with van der Waals surface area (Å²) in [4.78, 5) is 89.6. The van der Waals surface area contributed by atoms with Gasteiger partial charge in [0.05, 0.1) is 7.11 Å². The van der Waals surface area contributed by atoms with Gasteiger partial charge in [-0.2, -0.15) is 0 Å². The van der Waals surface area contributed by atoms with Crippen molar-refractivity contribution in [3.63, 3.8) is 0 Å². The van der Waals surface area contributed by atoms with Crippen molar-refractivity contribution < 1.29 is 48.6 Å². The lowest BCUT2D eigenvalue weighted by atomic mass is 9.98. The average Bonchev–Trinajstić information content (AvgIpc) is 2.76. The van der Waals surface area contributed by atoms with Gasteiger partial charge >= 0.3 is 5.97 Å². The van der Waals surface area contributed by atoms with Crippen LogP contribution in [0.1, 0.15) is 31.8 Å². The van der Waals surface area contributed by atoms with Crippen LogP contribution in [-0.4, -0.2) is 77.1 Å². The van der Waals surface area contributed by atoms with Crippen molar-refractivity contribution >= 4 is 30.6 Å². The highest BCUT2D eigenvalue weighted by Crippen LogP contribution is 2.20. The van der Waals surface area contributed by atoms with Gasteiger partial charge in [0.1, 0.15) is 6.61 Å². The van der Waals surface area contributed by atoms with E-state index in [0.717, 1.165) is 7.11 Å². The van der Waals surface area contributed by atoms with E-state index in [2.05, 4.69) is 14.4 Å². The van der Waals surface area contributed by atoms with Gasteiger partial charge in [-0.15, -0.1) is 20.2 Å². The first kappa shape index (κ1) is 26.4. The van der Waals surface area contributed by atoms with Gasteiger partial charge in [0.2, 0.25) is 12.8 Å². The van der Waals surface area contributed by atoms with Crippen LogP contribution in [0.15, 0.2) is 12.1 Å². The van der Waals surface area contributed by atoms with Crippen LogP contribution in [0.5, 0.6) is 0 Å². The summed E-state index contributed by atoms with van der Waals surface area (Å²) in [6.45, 7) is 0.791. The van der Waals surface area contributed by atoms with Crippen molar-refractivity contribution in [2.24, 2.45) is 0 Å². The van der Waals surface area contributed by atoms with Gasteiger partial charge < -0.3 is 9.57 Å². The minimum absolute atomic E-state index is 0.0179. The molecule has 0 heterocycles. The second-order valence-electron chi connectivity index (χ2n) is 6.22. The molecule has 1 rings (SSSR count). The van der Waals surface area contributed by atoms with Gasteiger partial charge in [-0.3, -0.25) is 33.8 Å². The maximum absolute atomic E-state index is 12.9. The molecule has 0 aliphatic carbocycles. The van der Waals surface area contributed by atoms with Crippen LogP contribution in [0, 0.1) is 34.1 Å². The average molecular weight is 470 g/mol. The Bertz CT molecular complexity index is 979. The van der Waals surface area contributed by atoms with E-state index in [4.69, 9.17) is 0 Å². The number of rotatable bonds is 12. The van der Waals surface area contributed by atoms with Gasteiger partial charge in [0, 0.05) is 11.1 Å². The number of amides is 4. The Hall–Kier alpha value is -4.63. The van der Waals surface area contributed by atoms with Crippen molar-refractivity contribution in [2.45, 2.75) is 19.9 Å². The topological polar surface area (TPSA) is 206 Å². The Morgan fingerprint density at radius 2 is 1.48 bits per heavy atom. The molecule has 0 spiro atoms. The SMILES string of the molecule is COC(=O)C(CO[N+](=O)[O-])N(C=O)C(=O)c1cc(C)c(C(=O)N(C=O)CO[N+](=O)[O-])cc1C. The highest BCUT2D eigenvalue weighted by Gasteiger charge is 2.33. The molecular weight excluding hydrogens is 452 g/mol. The predicted molar refractivity (Wildman–Crippen MR) is 102 cm³/mol. The molecule has 4 amide bonds. The number of hydrogen-bond acceptors (Lipinski definition) is 12. The molecule has 0 saturated heterocycles. The van der Waals surface area contributed by atoms with E-state index in [0.29, 0.717) is 9.80 Å². The second-order valence-corrected chi connectivity index (χ2v) is 6.22. The molecule has 1 aromatic carbocycles. The molecule has 0 aliphatic heterocycles. The van der Waals surface area contributed by atoms with Crippen LogP contribution in [0.2, 0.25) is 0 Å². The molecule has 0 fully saturated rings. The zero-order valence-electron chi connectivity index (χ0n) is 17.5. The number of aryl methyl sites for hydroxylation is 2. The standard InChI is InChI=1S/C17H18N4O12/c1-10-5-13(11(2)4-12(10)15(24)18(7-22)9-33-21(29)30)16(25)19(8-23)14(17(26)31-3)6-32-20(27)28/h4-5,7-8,14H,6,9H2,1-3H3. The van der Waals surface area contributed by atoms with Crippen LogP contribution in [-0.2, 0) is 28.8 Å². The maximum atomic E-state index is 12.9. The van der Waals surface area contributed by atoms with E-state index in [1.165, 1.54) is 26.0 Å². The minimum Gasteiger partial charge on any atom is -0.467 e. The third-order valence-corrected chi connectivity index (χ3v) is 4.22. The lowest BCUT2D eigenvalue weighted by molar-refractivity contribution is -0.761. The van der Waals surface area contributed by atoms with Gasteiger partial charge in [-0.05, 0) is 37.1 Å². The van der Waals surface area contributed by atoms with Crippen LogP contribution in [0.25, 0.3) is 0 Å². The van der Waals surface area contributed by atoms with Crippen molar-refractivity contribution in [1.82, 2.24) is 9.80 Å². The van der Waals surface area contributed by atoms with Crippen molar-refractivity contribution in [3.8, 4) is 0 Å². The third kappa shape index (κ3) is 6.68. The number of methoxy groups -OCH3 is 1. The highest BCUT2D eigenvalue weighted by atomic mass is 17.0. The van der Waals surface area contributed by atoms with Crippen molar-refractivity contribution in [2.75, 3.05) is 20.4 Å². The Kier molecular flexibility index (Phi) is 9.34. The quantitative estimate of drug-likeness (QED) is 0.124. The molecule has 0 aromatic heterocycles. The summed E-state index contributed by atoms with van der Waals surface area (Å²) in [6.07, 6.45) is -0.0196. The molecular formula is C17H18N4O12. The van der Waals surface area contributed by atoms with Crippen LogP contribution in [0.3, 0.4) is 0 Å². The van der Waals surface area contributed by atoms with E-state index in [1.54, 1.807) is 0 Å². The lowest BCUT2D eigenvalue weighted by Crippen LogP contribution is -2.48. The van der Waals surface area contributed by atoms with E-state index in [9.17, 15) is 44.2 Å².